The zero-order chi connectivity index (χ0) is 18.6. The van der Waals surface area contributed by atoms with E-state index in [1.165, 1.54) is 23.1 Å². The highest BCUT2D eigenvalue weighted by Crippen LogP contribution is 2.36. The fourth-order valence-corrected chi connectivity index (χ4v) is 5.75. The first-order chi connectivity index (χ1) is 13.2. The summed E-state index contributed by atoms with van der Waals surface area (Å²) >= 11 is 7.17. The highest BCUT2D eigenvalue weighted by molar-refractivity contribution is 9.11. The number of aryl methyl sites for hydroxylation is 1. The number of ether oxygens (including phenoxy) is 1. The molecule has 0 spiro atoms. The summed E-state index contributed by atoms with van der Waals surface area (Å²) in [5, 5.41) is 3.49. The lowest BCUT2D eigenvalue weighted by Crippen LogP contribution is -2.48. The fraction of sp³-hybridized carbons (Fsp3) is 0.455. The smallest absolute Gasteiger partial charge is 0.0776 e. The molecular formula is C22H28Br2Cl2N2O. The van der Waals surface area contributed by atoms with Gasteiger partial charge in [0.2, 0.25) is 0 Å². The number of fused-ring (bicyclic) bond motifs is 1. The van der Waals surface area contributed by atoms with Crippen LogP contribution in [0.1, 0.15) is 35.6 Å². The molecular weight excluding hydrogens is 539 g/mol. The van der Waals surface area contributed by atoms with Crippen molar-refractivity contribution in [2.75, 3.05) is 26.2 Å². The van der Waals surface area contributed by atoms with Crippen LogP contribution in [0.5, 0.6) is 0 Å². The Kier molecular flexibility index (Phi) is 10.4. The van der Waals surface area contributed by atoms with Gasteiger partial charge in [0, 0.05) is 35.1 Å². The molecule has 3 nitrogen and oxygen atoms in total. The summed E-state index contributed by atoms with van der Waals surface area (Å²) in [6, 6.07) is 15.7. The van der Waals surface area contributed by atoms with E-state index in [1.54, 1.807) is 0 Å². The SMILES string of the molecule is Brc1cc(Br)cc(CO[C@H]2CCCc3ccccc3[C@H]2N2CCNCC2)c1.Cl.Cl. The van der Waals surface area contributed by atoms with Crippen molar-refractivity contribution in [3.8, 4) is 0 Å². The van der Waals surface area contributed by atoms with E-state index in [0.717, 1.165) is 48.0 Å². The third-order valence-corrected chi connectivity index (χ3v) is 6.51. The van der Waals surface area contributed by atoms with Gasteiger partial charge in [-0.15, -0.1) is 24.8 Å². The van der Waals surface area contributed by atoms with Gasteiger partial charge < -0.3 is 10.1 Å². The van der Waals surface area contributed by atoms with Crippen LogP contribution in [0, 0.1) is 0 Å². The highest BCUT2D eigenvalue weighted by Gasteiger charge is 2.33. The summed E-state index contributed by atoms with van der Waals surface area (Å²) in [5.41, 5.74) is 4.17. The molecule has 1 saturated heterocycles. The number of benzene rings is 2. The lowest BCUT2D eigenvalue weighted by molar-refractivity contribution is -0.0320. The molecule has 7 heteroatoms. The second kappa shape index (κ2) is 12.0. The van der Waals surface area contributed by atoms with Crippen LogP contribution in [0.4, 0.5) is 0 Å². The average molecular weight is 567 g/mol. The summed E-state index contributed by atoms with van der Waals surface area (Å²) in [6.07, 6.45) is 3.68. The zero-order valence-corrected chi connectivity index (χ0v) is 21.1. The van der Waals surface area contributed by atoms with Gasteiger partial charge in [-0.1, -0.05) is 56.1 Å². The van der Waals surface area contributed by atoms with Crippen LogP contribution in [0.25, 0.3) is 0 Å². The van der Waals surface area contributed by atoms with Gasteiger partial charge in [0.25, 0.3) is 0 Å². The Morgan fingerprint density at radius 1 is 1.00 bits per heavy atom. The summed E-state index contributed by atoms with van der Waals surface area (Å²) < 4.78 is 8.75. The molecule has 160 valence electrons. The average Bonchev–Trinajstić information content (AvgIpc) is 2.85. The maximum Gasteiger partial charge on any atom is 0.0776 e. The summed E-state index contributed by atoms with van der Waals surface area (Å²) in [5.74, 6) is 0. The standard InChI is InChI=1S/C22H26Br2N2O.2ClH/c23-18-12-16(13-19(24)14-18)15-27-21-7-3-5-17-4-1-2-6-20(17)22(21)26-10-8-25-9-11-26;;/h1-2,4,6,12-14,21-22,25H,3,5,7-11,15H2;2*1H/t21-,22+;;/m0../s1. The van der Waals surface area contributed by atoms with Gasteiger partial charge in [0.05, 0.1) is 18.8 Å². The molecule has 2 aromatic carbocycles. The summed E-state index contributed by atoms with van der Waals surface area (Å²) in [7, 11) is 0. The molecule has 1 aliphatic carbocycles. The molecule has 4 rings (SSSR count). The first kappa shape index (κ1) is 25.1. The molecule has 1 N–H and O–H groups in total. The maximum atomic E-state index is 6.58. The molecule has 0 aromatic heterocycles. The minimum Gasteiger partial charge on any atom is -0.372 e. The number of nitrogens with one attached hydrogen (secondary N) is 1. The molecule has 1 fully saturated rings. The van der Waals surface area contributed by atoms with Crippen molar-refractivity contribution in [1.29, 1.82) is 0 Å². The molecule has 0 radical (unpaired) electrons. The van der Waals surface area contributed by atoms with E-state index in [4.69, 9.17) is 4.74 Å². The third kappa shape index (κ3) is 6.42. The predicted molar refractivity (Wildman–Crippen MR) is 131 cm³/mol. The van der Waals surface area contributed by atoms with E-state index in [-0.39, 0.29) is 30.9 Å². The van der Waals surface area contributed by atoms with Gasteiger partial charge >= 0.3 is 0 Å². The van der Waals surface area contributed by atoms with Crippen molar-refractivity contribution in [2.24, 2.45) is 0 Å². The second-order valence-electron chi connectivity index (χ2n) is 7.45. The first-order valence-corrected chi connectivity index (χ1v) is 11.4. The van der Waals surface area contributed by atoms with Crippen LogP contribution in [-0.2, 0) is 17.8 Å². The third-order valence-electron chi connectivity index (χ3n) is 5.59. The van der Waals surface area contributed by atoms with Gasteiger partial charge in [-0.3, -0.25) is 4.90 Å². The van der Waals surface area contributed by atoms with E-state index in [1.807, 2.05) is 0 Å². The largest absolute Gasteiger partial charge is 0.372 e. The second-order valence-corrected chi connectivity index (χ2v) is 9.28. The molecule has 2 aromatic rings. The van der Waals surface area contributed by atoms with Crippen molar-refractivity contribution in [3.63, 3.8) is 0 Å². The molecule has 0 amide bonds. The Morgan fingerprint density at radius 3 is 2.41 bits per heavy atom. The van der Waals surface area contributed by atoms with Crippen LogP contribution in [0.15, 0.2) is 51.4 Å². The Hall–Kier alpha value is -0.140. The van der Waals surface area contributed by atoms with E-state index in [0.29, 0.717) is 12.6 Å². The molecule has 29 heavy (non-hydrogen) atoms. The maximum absolute atomic E-state index is 6.58. The molecule has 0 unspecified atom stereocenters. The molecule has 1 heterocycles. The number of halogens is 4. The quantitative estimate of drug-likeness (QED) is 0.465. The molecule has 0 saturated carbocycles. The summed E-state index contributed by atoms with van der Waals surface area (Å²) in [4.78, 5) is 2.63. The lowest BCUT2D eigenvalue weighted by atomic mass is 9.95. The van der Waals surface area contributed by atoms with Crippen LogP contribution < -0.4 is 5.32 Å². The molecule has 1 aliphatic heterocycles. The van der Waals surface area contributed by atoms with E-state index in [9.17, 15) is 0 Å². The van der Waals surface area contributed by atoms with E-state index < -0.39 is 0 Å². The predicted octanol–water partition coefficient (Wildman–Crippen LogP) is 5.92. The number of nitrogens with zero attached hydrogens (tertiary/aromatic N) is 1. The number of hydrogen-bond donors (Lipinski definition) is 1. The van der Waals surface area contributed by atoms with Gasteiger partial charge in [0.15, 0.2) is 0 Å². The van der Waals surface area contributed by atoms with Gasteiger partial charge in [-0.05, 0) is 54.2 Å². The van der Waals surface area contributed by atoms with Crippen LogP contribution in [0.3, 0.4) is 0 Å². The van der Waals surface area contributed by atoms with Gasteiger partial charge in [-0.25, -0.2) is 0 Å². The normalized spacial score (nSPS) is 22.0. The Balaban J connectivity index is 0.00000150. The Labute approximate surface area is 203 Å². The van der Waals surface area contributed by atoms with Crippen molar-refractivity contribution < 1.29 is 4.74 Å². The van der Waals surface area contributed by atoms with Crippen LogP contribution in [-0.4, -0.2) is 37.2 Å². The Morgan fingerprint density at radius 2 is 1.69 bits per heavy atom. The number of piperazine rings is 1. The fourth-order valence-electron chi connectivity index (χ4n) is 4.37. The van der Waals surface area contributed by atoms with Crippen LogP contribution in [0.2, 0.25) is 0 Å². The molecule has 0 bridgehead atoms. The topological polar surface area (TPSA) is 24.5 Å². The van der Waals surface area contributed by atoms with Gasteiger partial charge in [0.1, 0.15) is 0 Å². The van der Waals surface area contributed by atoms with Crippen molar-refractivity contribution in [2.45, 2.75) is 38.0 Å². The zero-order valence-electron chi connectivity index (χ0n) is 16.3. The Bertz CT molecular complexity index is 767. The van der Waals surface area contributed by atoms with Crippen molar-refractivity contribution in [3.05, 3.63) is 68.1 Å². The number of hydrogen-bond acceptors (Lipinski definition) is 3. The minimum atomic E-state index is 0. The van der Waals surface area contributed by atoms with Crippen molar-refractivity contribution in [1.82, 2.24) is 10.2 Å². The van der Waals surface area contributed by atoms with E-state index in [2.05, 4.69) is 84.5 Å². The number of rotatable bonds is 4. The van der Waals surface area contributed by atoms with Gasteiger partial charge in [-0.2, -0.15) is 0 Å². The first-order valence-electron chi connectivity index (χ1n) is 9.80. The van der Waals surface area contributed by atoms with Crippen LogP contribution >= 0.6 is 56.7 Å². The van der Waals surface area contributed by atoms with Crippen molar-refractivity contribution >= 4 is 56.7 Å². The van der Waals surface area contributed by atoms with E-state index >= 15 is 0 Å². The highest BCUT2D eigenvalue weighted by atomic mass is 79.9. The molecule has 2 aliphatic rings. The minimum absolute atomic E-state index is 0. The monoisotopic (exact) mass is 564 g/mol. The summed E-state index contributed by atoms with van der Waals surface area (Å²) in [6.45, 7) is 4.93. The lowest BCUT2D eigenvalue weighted by Gasteiger charge is -2.39. The molecule has 2 atom stereocenters.